The van der Waals surface area contributed by atoms with Crippen molar-refractivity contribution in [3.8, 4) is 0 Å². The predicted molar refractivity (Wildman–Crippen MR) is 131 cm³/mol. The van der Waals surface area contributed by atoms with Gasteiger partial charge in [0.1, 0.15) is 6.04 Å². The van der Waals surface area contributed by atoms with Crippen LogP contribution in [0.25, 0.3) is 0 Å². The zero-order valence-corrected chi connectivity index (χ0v) is 19.4. The van der Waals surface area contributed by atoms with Gasteiger partial charge in [0.2, 0.25) is 11.8 Å². The van der Waals surface area contributed by atoms with E-state index < -0.39 is 6.04 Å². The van der Waals surface area contributed by atoms with Crippen molar-refractivity contribution in [2.24, 2.45) is 0 Å². The lowest BCUT2D eigenvalue weighted by Crippen LogP contribution is -2.39. The molecule has 3 aromatic carbocycles. The highest BCUT2D eigenvalue weighted by Crippen LogP contribution is 2.23. The third-order valence-electron chi connectivity index (χ3n) is 5.48. The normalized spacial score (nSPS) is 11.7. The zero-order valence-electron chi connectivity index (χ0n) is 19.4. The fourth-order valence-electron chi connectivity index (χ4n) is 3.78. The molecule has 1 unspecified atom stereocenters. The van der Waals surface area contributed by atoms with E-state index in [0.29, 0.717) is 11.3 Å². The van der Waals surface area contributed by atoms with Gasteiger partial charge >= 0.3 is 0 Å². The molecule has 0 heterocycles. The molecular formula is C27H29N3O3. The van der Waals surface area contributed by atoms with E-state index in [-0.39, 0.29) is 24.1 Å². The Kier molecular flexibility index (Phi) is 7.74. The van der Waals surface area contributed by atoms with Crippen LogP contribution in [0.4, 0.5) is 11.4 Å². The molecule has 170 valence electrons. The molecule has 0 aromatic heterocycles. The largest absolute Gasteiger partial charge is 0.324 e. The number of aryl methyl sites for hydroxylation is 2. The second-order valence-corrected chi connectivity index (χ2v) is 8.17. The summed E-state index contributed by atoms with van der Waals surface area (Å²) in [5, 5.41) is 5.87. The van der Waals surface area contributed by atoms with Crippen molar-refractivity contribution in [1.29, 1.82) is 0 Å². The Hall–Kier alpha value is -3.77. The second kappa shape index (κ2) is 10.7. The average Bonchev–Trinajstić information content (AvgIpc) is 2.77. The number of amides is 2. The van der Waals surface area contributed by atoms with Gasteiger partial charge in [0.25, 0.3) is 0 Å². The van der Waals surface area contributed by atoms with Crippen LogP contribution in [-0.4, -0.2) is 36.1 Å². The van der Waals surface area contributed by atoms with Crippen molar-refractivity contribution in [2.75, 3.05) is 24.2 Å². The summed E-state index contributed by atoms with van der Waals surface area (Å²) in [7, 11) is 1.74. The van der Waals surface area contributed by atoms with Crippen molar-refractivity contribution in [3.05, 3.63) is 95.1 Å². The molecule has 0 bridgehead atoms. The van der Waals surface area contributed by atoms with Gasteiger partial charge in [-0.3, -0.25) is 19.3 Å². The van der Waals surface area contributed by atoms with Crippen LogP contribution >= 0.6 is 0 Å². The Labute approximate surface area is 194 Å². The standard InChI is InChI=1S/C27H29N3O3/c1-18-10-8-11-19(2)25(18)29-24(32)17-30(4)26(21-12-6-5-7-13-21)27(33)28-23-15-9-14-22(16-23)20(3)31/h5-16,26H,17H2,1-4H3,(H,28,33)(H,29,32). The van der Waals surface area contributed by atoms with Crippen LogP contribution in [0, 0.1) is 13.8 Å². The number of nitrogens with one attached hydrogen (secondary N) is 2. The number of likely N-dealkylation sites (N-methyl/N-ethyl adjacent to an activating group) is 1. The second-order valence-electron chi connectivity index (χ2n) is 8.17. The lowest BCUT2D eigenvalue weighted by atomic mass is 10.0. The number of rotatable bonds is 8. The fourth-order valence-corrected chi connectivity index (χ4v) is 3.78. The summed E-state index contributed by atoms with van der Waals surface area (Å²) in [6.07, 6.45) is 0. The van der Waals surface area contributed by atoms with Gasteiger partial charge in [-0.05, 0) is 56.6 Å². The monoisotopic (exact) mass is 443 g/mol. The number of benzene rings is 3. The van der Waals surface area contributed by atoms with Gasteiger partial charge in [-0.25, -0.2) is 0 Å². The number of hydrogen-bond acceptors (Lipinski definition) is 4. The first-order valence-electron chi connectivity index (χ1n) is 10.8. The summed E-state index contributed by atoms with van der Waals surface area (Å²) in [6, 6.07) is 21.3. The lowest BCUT2D eigenvalue weighted by Gasteiger charge is -2.27. The van der Waals surface area contributed by atoms with Crippen molar-refractivity contribution >= 4 is 29.0 Å². The van der Waals surface area contributed by atoms with Crippen LogP contribution < -0.4 is 10.6 Å². The number of hydrogen-bond donors (Lipinski definition) is 2. The first kappa shape index (κ1) is 23.9. The topological polar surface area (TPSA) is 78.5 Å². The molecule has 0 saturated carbocycles. The maximum absolute atomic E-state index is 13.3. The zero-order chi connectivity index (χ0) is 24.0. The Morgan fingerprint density at radius 1 is 0.848 bits per heavy atom. The van der Waals surface area contributed by atoms with E-state index in [1.165, 1.54) is 6.92 Å². The van der Waals surface area contributed by atoms with Gasteiger partial charge in [-0.15, -0.1) is 0 Å². The summed E-state index contributed by atoms with van der Waals surface area (Å²) < 4.78 is 0. The molecule has 1 atom stereocenters. The lowest BCUT2D eigenvalue weighted by molar-refractivity contribution is -0.123. The SMILES string of the molecule is CC(=O)c1cccc(NC(=O)C(c2ccccc2)N(C)CC(=O)Nc2c(C)cccc2C)c1. The number of para-hydroxylation sites is 1. The highest BCUT2D eigenvalue weighted by Gasteiger charge is 2.27. The van der Waals surface area contributed by atoms with Crippen molar-refractivity contribution in [1.82, 2.24) is 4.90 Å². The van der Waals surface area contributed by atoms with Crippen molar-refractivity contribution in [2.45, 2.75) is 26.8 Å². The van der Waals surface area contributed by atoms with E-state index in [2.05, 4.69) is 10.6 Å². The summed E-state index contributed by atoms with van der Waals surface area (Å²) in [6.45, 7) is 5.40. The van der Waals surface area contributed by atoms with Crippen LogP contribution in [0.3, 0.4) is 0 Å². The fraction of sp³-hybridized carbons (Fsp3) is 0.222. The van der Waals surface area contributed by atoms with Crippen LogP contribution in [0.2, 0.25) is 0 Å². The molecule has 0 spiro atoms. The number of ketones is 1. The molecule has 3 aromatic rings. The number of Topliss-reactive ketones (excluding diaryl/α,β-unsaturated/α-hetero) is 1. The number of nitrogens with zero attached hydrogens (tertiary/aromatic N) is 1. The molecule has 2 N–H and O–H groups in total. The molecule has 0 aliphatic carbocycles. The molecule has 0 radical (unpaired) electrons. The molecule has 0 saturated heterocycles. The molecule has 3 rings (SSSR count). The molecular weight excluding hydrogens is 414 g/mol. The van der Waals surface area contributed by atoms with Crippen molar-refractivity contribution in [3.63, 3.8) is 0 Å². The van der Waals surface area contributed by atoms with Gasteiger partial charge in [0.05, 0.1) is 6.54 Å². The molecule has 33 heavy (non-hydrogen) atoms. The van der Waals surface area contributed by atoms with E-state index in [4.69, 9.17) is 0 Å². The highest BCUT2D eigenvalue weighted by atomic mass is 16.2. The van der Waals surface area contributed by atoms with Crippen molar-refractivity contribution < 1.29 is 14.4 Å². The van der Waals surface area contributed by atoms with E-state index in [9.17, 15) is 14.4 Å². The number of carbonyl (C=O) groups excluding carboxylic acids is 3. The first-order valence-corrected chi connectivity index (χ1v) is 10.8. The maximum Gasteiger partial charge on any atom is 0.246 e. The highest BCUT2D eigenvalue weighted by molar-refractivity contribution is 5.99. The van der Waals surface area contributed by atoms with Crippen LogP contribution in [0.15, 0.2) is 72.8 Å². The van der Waals surface area contributed by atoms with E-state index in [0.717, 1.165) is 22.4 Å². The minimum atomic E-state index is -0.698. The minimum Gasteiger partial charge on any atom is -0.324 e. The molecule has 6 heteroatoms. The van der Waals surface area contributed by atoms with Gasteiger partial charge in [-0.1, -0.05) is 60.7 Å². The Morgan fingerprint density at radius 2 is 1.48 bits per heavy atom. The summed E-state index contributed by atoms with van der Waals surface area (Å²) in [5.41, 5.74) is 4.56. The maximum atomic E-state index is 13.3. The third-order valence-corrected chi connectivity index (χ3v) is 5.48. The van der Waals surface area contributed by atoms with Crippen LogP contribution in [0.1, 0.15) is 40.0 Å². The summed E-state index contributed by atoms with van der Waals surface area (Å²) in [4.78, 5) is 39.6. The summed E-state index contributed by atoms with van der Waals surface area (Å²) >= 11 is 0. The molecule has 0 aliphatic heterocycles. The van der Waals surface area contributed by atoms with E-state index in [1.807, 2.05) is 62.4 Å². The minimum absolute atomic E-state index is 0.0221. The van der Waals surface area contributed by atoms with Gasteiger partial charge in [0, 0.05) is 16.9 Å². The van der Waals surface area contributed by atoms with Gasteiger partial charge < -0.3 is 10.6 Å². The average molecular weight is 444 g/mol. The van der Waals surface area contributed by atoms with E-state index in [1.54, 1.807) is 36.2 Å². The Balaban J connectivity index is 1.80. The molecule has 0 aliphatic rings. The van der Waals surface area contributed by atoms with E-state index >= 15 is 0 Å². The van der Waals surface area contributed by atoms with Crippen LogP contribution in [-0.2, 0) is 9.59 Å². The molecule has 2 amide bonds. The Morgan fingerprint density at radius 3 is 2.12 bits per heavy atom. The first-order chi connectivity index (χ1) is 15.8. The number of anilines is 2. The quantitative estimate of drug-likeness (QED) is 0.492. The molecule has 6 nitrogen and oxygen atoms in total. The number of carbonyl (C=O) groups is 3. The summed E-state index contributed by atoms with van der Waals surface area (Å²) in [5.74, 6) is -0.572. The smallest absolute Gasteiger partial charge is 0.246 e. The third kappa shape index (κ3) is 6.14. The Bertz CT molecular complexity index is 1140. The predicted octanol–water partition coefficient (Wildman–Crippen LogP) is 4.76. The molecule has 0 fully saturated rings. The van der Waals surface area contributed by atoms with Gasteiger partial charge in [-0.2, -0.15) is 0 Å². The van der Waals surface area contributed by atoms with Gasteiger partial charge in [0.15, 0.2) is 5.78 Å². The van der Waals surface area contributed by atoms with Crippen LogP contribution in [0.5, 0.6) is 0 Å².